The lowest BCUT2D eigenvalue weighted by molar-refractivity contribution is -0.115. The number of aromatic nitrogens is 4. The van der Waals surface area contributed by atoms with Crippen LogP contribution in [0.2, 0.25) is 10.0 Å². The van der Waals surface area contributed by atoms with Gasteiger partial charge in [-0.05, 0) is 37.3 Å². The molecular formula is C20H17Cl2N5OS. The number of benzene rings is 1. The second-order valence-electron chi connectivity index (χ2n) is 6.45. The first kappa shape index (κ1) is 19.8. The van der Waals surface area contributed by atoms with E-state index in [0.717, 1.165) is 16.2 Å². The van der Waals surface area contributed by atoms with E-state index in [1.54, 1.807) is 35.3 Å². The van der Waals surface area contributed by atoms with Crippen LogP contribution in [-0.4, -0.2) is 30.3 Å². The number of nitrogens with one attached hydrogen (secondary N) is 1. The van der Waals surface area contributed by atoms with Gasteiger partial charge in [0.1, 0.15) is 5.65 Å². The lowest BCUT2D eigenvalue weighted by atomic mass is 10.4. The van der Waals surface area contributed by atoms with Crippen LogP contribution in [0.4, 0.5) is 5.69 Å². The minimum Gasteiger partial charge on any atom is -0.322 e. The molecule has 0 aliphatic heterocycles. The molecule has 4 rings (SSSR count). The molecule has 1 aromatic carbocycles. The predicted octanol–water partition coefficient (Wildman–Crippen LogP) is 5.01. The molecule has 1 amide bonds. The molecule has 0 saturated heterocycles. The number of carbonyl (C=O) groups excluding carboxylic acids is 1. The van der Waals surface area contributed by atoms with Crippen LogP contribution in [0, 0.1) is 0 Å². The molecule has 1 unspecified atom stereocenters. The quantitative estimate of drug-likeness (QED) is 0.423. The summed E-state index contributed by atoms with van der Waals surface area (Å²) < 4.78 is 3.70. The van der Waals surface area contributed by atoms with Crippen LogP contribution in [0.15, 0.2) is 66.1 Å². The van der Waals surface area contributed by atoms with E-state index in [1.165, 1.54) is 11.8 Å². The van der Waals surface area contributed by atoms with E-state index in [9.17, 15) is 4.79 Å². The molecule has 9 heteroatoms. The van der Waals surface area contributed by atoms with Gasteiger partial charge in [-0.15, -0.1) is 11.8 Å². The zero-order valence-electron chi connectivity index (χ0n) is 15.4. The number of hydrogen-bond acceptors (Lipinski definition) is 4. The maximum Gasteiger partial charge on any atom is 0.237 e. The van der Waals surface area contributed by atoms with Crippen molar-refractivity contribution in [1.82, 2.24) is 19.2 Å². The van der Waals surface area contributed by atoms with Gasteiger partial charge in [0.2, 0.25) is 5.91 Å². The molecule has 148 valence electrons. The maximum atomic E-state index is 12.5. The Hall–Kier alpha value is -2.48. The van der Waals surface area contributed by atoms with Crippen molar-refractivity contribution in [3.8, 4) is 0 Å². The lowest BCUT2D eigenvalue weighted by Crippen LogP contribution is -2.22. The topological polar surface area (TPSA) is 64.2 Å². The predicted molar refractivity (Wildman–Crippen MR) is 117 cm³/mol. The molecule has 0 saturated carbocycles. The van der Waals surface area contributed by atoms with E-state index in [4.69, 9.17) is 23.2 Å². The number of rotatable bonds is 6. The number of nitrogens with zero attached hydrogens (tertiary/aromatic N) is 4. The first-order chi connectivity index (χ1) is 14.0. The Morgan fingerprint density at radius 3 is 2.93 bits per heavy atom. The average molecular weight is 446 g/mol. The largest absolute Gasteiger partial charge is 0.322 e. The molecular weight excluding hydrogens is 429 g/mol. The van der Waals surface area contributed by atoms with Crippen molar-refractivity contribution in [3.63, 3.8) is 0 Å². The van der Waals surface area contributed by atoms with Crippen LogP contribution in [0.3, 0.4) is 0 Å². The zero-order chi connectivity index (χ0) is 20.4. The molecule has 1 atom stereocenters. The Kier molecular flexibility index (Phi) is 5.80. The van der Waals surface area contributed by atoms with Crippen LogP contribution >= 0.6 is 35.0 Å². The van der Waals surface area contributed by atoms with Gasteiger partial charge in [0.15, 0.2) is 0 Å². The third kappa shape index (κ3) is 4.75. The van der Waals surface area contributed by atoms with Gasteiger partial charge < -0.3 is 9.72 Å². The summed E-state index contributed by atoms with van der Waals surface area (Å²) in [4.78, 5) is 17.9. The van der Waals surface area contributed by atoms with Crippen molar-refractivity contribution in [1.29, 1.82) is 0 Å². The second kappa shape index (κ2) is 8.49. The number of hydrogen-bond donors (Lipinski definition) is 1. The Labute approximate surface area is 181 Å². The monoisotopic (exact) mass is 445 g/mol. The number of pyridine rings is 1. The summed E-state index contributed by atoms with van der Waals surface area (Å²) in [5, 5.41) is 7.99. The van der Waals surface area contributed by atoms with Crippen LogP contribution in [0.25, 0.3) is 5.65 Å². The van der Waals surface area contributed by atoms with Crippen LogP contribution in [0.1, 0.15) is 12.6 Å². The van der Waals surface area contributed by atoms with Crippen molar-refractivity contribution in [2.75, 3.05) is 5.32 Å². The van der Waals surface area contributed by atoms with Crippen LogP contribution < -0.4 is 5.32 Å². The summed E-state index contributed by atoms with van der Waals surface area (Å²) in [5.74, 6) is -0.140. The van der Waals surface area contributed by atoms with E-state index >= 15 is 0 Å². The number of amides is 1. The Morgan fingerprint density at radius 2 is 2.10 bits per heavy atom. The van der Waals surface area contributed by atoms with Gasteiger partial charge in [0, 0.05) is 28.5 Å². The van der Waals surface area contributed by atoms with Gasteiger partial charge in [-0.25, -0.2) is 4.98 Å². The van der Waals surface area contributed by atoms with Crippen molar-refractivity contribution in [2.24, 2.45) is 0 Å². The number of carbonyl (C=O) groups is 1. The molecule has 0 aliphatic rings. The highest BCUT2D eigenvalue weighted by molar-refractivity contribution is 8.00. The molecule has 0 fully saturated rings. The van der Waals surface area contributed by atoms with Gasteiger partial charge in [0.25, 0.3) is 0 Å². The van der Waals surface area contributed by atoms with E-state index in [0.29, 0.717) is 22.3 Å². The lowest BCUT2D eigenvalue weighted by Gasteiger charge is -2.12. The summed E-state index contributed by atoms with van der Waals surface area (Å²) in [5.41, 5.74) is 2.40. The Balaban J connectivity index is 1.39. The normalized spacial score (nSPS) is 12.2. The van der Waals surface area contributed by atoms with Crippen molar-refractivity contribution in [3.05, 3.63) is 76.9 Å². The fourth-order valence-corrected chi connectivity index (χ4v) is 4.21. The highest BCUT2D eigenvalue weighted by Gasteiger charge is 2.17. The van der Waals surface area contributed by atoms with Crippen molar-refractivity contribution in [2.45, 2.75) is 23.6 Å². The molecule has 3 heterocycles. The number of anilines is 1. The zero-order valence-corrected chi connectivity index (χ0v) is 17.7. The summed E-state index contributed by atoms with van der Waals surface area (Å²) in [6, 6.07) is 11.0. The summed E-state index contributed by atoms with van der Waals surface area (Å²) in [7, 11) is 0. The molecule has 6 nitrogen and oxygen atoms in total. The summed E-state index contributed by atoms with van der Waals surface area (Å²) in [6.07, 6.45) is 7.32. The minimum absolute atomic E-state index is 0.140. The number of thioether (sulfide) groups is 1. The van der Waals surface area contributed by atoms with Gasteiger partial charge >= 0.3 is 0 Å². The standard InChI is InChI=1S/C20H17Cl2N5OS/c1-13(29-18-8-14(21)5-6-17(18)22)20(28)25-15-9-23-27(11-15)12-16-10-26-7-3-2-4-19(26)24-16/h2-11,13H,12H2,1H3,(H,25,28). The van der Waals surface area contributed by atoms with Gasteiger partial charge in [-0.3, -0.25) is 9.48 Å². The molecule has 4 aromatic rings. The molecule has 0 bridgehead atoms. The van der Waals surface area contributed by atoms with E-state index in [-0.39, 0.29) is 11.2 Å². The summed E-state index contributed by atoms with van der Waals surface area (Å²) >= 11 is 13.6. The molecule has 1 N–H and O–H groups in total. The van der Waals surface area contributed by atoms with Gasteiger partial charge in [0.05, 0.1) is 34.4 Å². The fourth-order valence-electron chi connectivity index (χ4n) is 2.80. The Morgan fingerprint density at radius 1 is 1.24 bits per heavy atom. The number of halogens is 2. The molecule has 0 radical (unpaired) electrons. The molecule has 29 heavy (non-hydrogen) atoms. The highest BCUT2D eigenvalue weighted by Crippen LogP contribution is 2.33. The molecule has 0 spiro atoms. The van der Waals surface area contributed by atoms with E-state index in [1.807, 2.05) is 41.9 Å². The van der Waals surface area contributed by atoms with Crippen molar-refractivity contribution >= 4 is 52.2 Å². The fraction of sp³-hybridized carbons (Fsp3) is 0.150. The SMILES string of the molecule is CC(Sc1cc(Cl)ccc1Cl)C(=O)Nc1cnn(Cc2cn3ccccc3n2)c1. The Bertz CT molecular complexity index is 1140. The van der Waals surface area contributed by atoms with E-state index in [2.05, 4.69) is 15.4 Å². The number of imidazole rings is 1. The van der Waals surface area contributed by atoms with E-state index < -0.39 is 0 Å². The molecule has 0 aliphatic carbocycles. The molecule has 3 aromatic heterocycles. The minimum atomic E-state index is -0.354. The third-order valence-corrected chi connectivity index (χ3v) is 6.04. The average Bonchev–Trinajstić information content (AvgIpc) is 3.30. The van der Waals surface area contributed by atoms with Gasteiger partial charge in [-0.1, -0.05) is 29.3 Å². The maximum absolute atomic E-state index is 12.5. The van der Waals surface area contributed by atoms with Crippen LogP contribution in [-0.2, 0) is 11.3 Å². The second-order valence-corrected chi connectivity index (χ2v) is 8.68. The first-order valence-corrected chi connectivity index (χ1v) is 10.5. The first-order valence-electron chi connectivity index (χ1n) is 8.85. The number of fused-ring (bicyclic) bond motifs is 1. The highest BCUT2D eigenvalue weighted by atomic mass is 35.5. The summed E-state index contributed by atoms with van der Waals surface area (Å²) in [6.45, 7) is 2.33. The van der Waals surface area contributed by atoms with Crippen LogP contribution in [0.5, 0.6) is 0 Å². The van der Waals surface area contributed by atoms with Crippen molar-refractivity contribution < 1.29 is 4.79 Å². The van der Waals surface area contributed by atoms with Gasteiger partial charge in [-0.2, -0.15) is 5.10 Å². The third-order valence-electron chi connectivity index (χ3n) is 4.20. The smallest absolute Gasteiger partial charge is 0.237 e.